The number of carbonyl (C=O) groups excluding carboxylic acids is 1. The first-order valence-electron chi connectivity index (χ1n) is 6.48. The maximum absolute atomic E-state index is 11.9. The highest BCUT2D eigenvalue weighted by atomic mass is 16.6. The fourth-order valence-electron chi connectivity index (χ4n) is 3.05. The lowest BCUT2D eigenvalue weighted by atomic mass is 9.93. The number of hydrogen-bond donors (Lipinski definition) is 1. The van der Waals surface area contributed by atoms with Crippen LogP contribution < -0.4 is 0 Å². The van der Waals surface area contributed by atoms with E-state index in [0.717, 1.165) is 12.8 Å². The van der Waals surface area contributed by atoms with Crippen LogP contribution in [0, 0.1) is 17.8 Å². The molecule has 18 heavy (non-hydrogen) atoms. The summed E-state index contributed by atoms with van der Waals surface area (Å²) >= 11 is 0. The van der Waals surface area contributed by atoms with Crippen LogP contribution in [0.15, 0.2) is 0 Å². The Kier molecular flexibility index (Phi) is 3.25. The Hall–Kier alpha value is -1.26. The SMILES string of the molecule is CC(C)(C)OC(=O)N1CC2CCC(C(=O)O)C2C1. The lowest BCUT2D eigenvalue weighted by Gasteiger charge is -2.25. The van der Waals surface area contributed by atoms with E-state index in [4.69, 9.17) is 9.84 Å². The quantitative estimate of drug-likeness (QED) is 0.777. The Morgan fingerprint density at radius 1 is 1.22 bits per heavy atom. The average molecular weight is 255 g/mol. The molecule has 1 aliphatic heterocycles. The molecule has 1 saturated carbocycles. The van der Waals surface area contributed by atoms with Crippen molar-refractivity contribution >= 4 is 12.1 Å². The summed E-state index contributed by atoms with van der Waals surface area (Å²) in [4.78, 5) is 24.7. The van der Waals surface area contributed by atoms with Gasteiger partial charge in [-0.2, -0.15) is 0 Å². The molecule has 2 fully saturated rings. The summed E-state index contributed by atoms with van der Waals surface area (Å²) in [5.41, 5.74) is -0.499. The standard InChI is InChI=1S/C13H21NO4/c1-13(2,3)18-12(17)14-6-8-4-5-9(11(15)16)10(8)7-14/h8-10H,4-7H2,1-3H3,(H,15,16). The van der Waals surface area contributed by atoms with Gasteiger partial charge in [-0.3, -0.25) is 4.79 Å². The number of hydrogen-bond acceptors (Lipinski definition) is 3. The molecule has 102 valence electrons. The fraction of sp³-hybridized carbons (Fsp3) is 0.846. The number of fused-ring (bicyclic) bond motifs is 1. The van der Waals surface area contributed by atoms with E-state index in [1.165, 1.54) is 0 Å². The summed E-state index contributed by atoms with van der Waals surface area (Å²) in [5.74, 6) is -0.579. The van der Waals surface area contributed by atoms with Gasteiger partial charge in [0.15, 0.2) is 0 Å². The van der Waals surface area contributed by atoms with E-state index in [-0.39, 0.29) is 17.9 Å². The minimum Gasteiger partial charge on any atom is -0.481 e. The summed E-state index contributed by atoms with van der Waals surface area (Å²) in [5, 5.41) is 9.14. The third kappa shape index (κ3) is 2.60. The maximum atomic E-state index is 11.9. The molecule has 1 aliphatic carbocycles. The highest BCUT2D eigenvalue weighted by Gasteiger charge is 2.47. The molecule has 1 saturated heterocycles. The maximum Gasteiger partial charge on any atom is 0.410 e. The molecule has 3 atom stereocenters. The van der Waals surface area contributed by atoms with Crippen molar-refractivity contribution in [1.29, 1.82) is 0 Å². The van der Waals surface area contributed by atoms with Crippen molar-refractivity contribution in [3.8, 4) is 0 Å². The third-order valence-electron chi connectivity index (χ3n) is 3.83. The van der Waals surface area contributed by atoms with Gasteiger partial charge in [0, 0.05) is 13.1 Å². The van der Waals surface area contributed by atoms with Gasteiger partial charge in [-0.05, 0) is 45.4 Å². The van der Waals surface area contributed by atoms with Crippen LogP contribution >= 0.6 is 0 Å². The van der Waals surface area contributed by atoms with Crippen molar-refractivity contribution < 1.29 is 19.4 Å². The molecule has 0 aromatic heterocycles. The first kappa shape index (κ1) is 13.2. The topological polar surface area (TPSA) is 66.8 Å². The molecule has 0 bridgehead atoms. The molecule has 2 aliphatic rings. The van der Waals surface area contributed by atoms with E-state index in [0.29, 0.717) is 19.0 Å². The third-order valence-corrected chi connectivity index (χ3v) is 3.83. The van der Waals surface area contributed by atoms with Gasteiger partial charge >= 0.3 is 12.1 Å². The second-order valence-corrected chi connectivity index (χ2v) is 6.33. The fourth-order valence-corrected chi connectivity index (χ4v) is 3.05. The first-order valence-corrected chi connectivity index (χ1v) is 6.48. The number of carboxylic acids is 1. The van der Waals surface area contributed by atoms with E-state index >= 15 is 0 Å². The normalized spacial score (nSPS) is 31.3. The molecule has 5 heteroatoms. The molecule has 0 aromatic carbocycles. The molecule has 5 nitrogen and oxygen atoms in total. The number of ether oxygens (including phenoxy) is 1. The highest BCUT2D eigenvalue weighted by Crippen LogP contribution is 2.42. The number of carbonyl (C=O) groups is 2. The number of aliphatic carboxylic acids is 1. The van der Waals surface area contributed by atoms with Crippen molar-refractivity contribution in [3.63, 3.8) is 0 Å². The summed E-state index contributed by atoms with van der Waals surface area (Å²) in [7, 11) is 0. The molecule has 1 heterocycles. The van der Waals surface area contributed by atoms with Crippen LogP contribution in [-0.4, -0.2) is 40.8 Å². The molecule has 3 unspecified atom stereocenters. The summed E-state index contributed by atoms with van der Waals surface area (Å²) in [6.45, 7) is 6.67. The number of rotatable bonds is 1. The summed E-state index contributed by atoms with van der Waals surface area (Å²) in [6.07, 6.45) is 1.33. The zero-order chi connectivity index (χ0) is 13.5. The van der Waals surface area contributed by atoms with Crippen LogP contribution in [0.4, 0.5) is 4.79 Å². The van der Waals surface area contributed by atoms with Crippen LogP contribution in [0.5, 0.6) is 0 Å². The Morgan fingerprint density at radius 3 is 2.44 bits per heavy atom. The highest BCUT2D eigenvalue weighted by molar-refractivity contribution is 5.72. The Balaban J connectivity index is 1.97. The van der Waals surface area contributed by atoms with Crippen molar-refractivity contribution in [2.75, 3.05) is 13.1 Å². The number of nitrogens with zero attached hydrogens (tertiary/aromatic N) is 1. The molecule has 1 amide bonds. The van der Waals surface area contributed by atoms with Crippen LogP contribution in [-0.2, 0) is 9.53 Å². The minimum absolute atomic E-state index is 0.106. The molecule has 0 radical (unpaired) electrons. The van der Waals surface area contributed by atoms with Gasteiger partial charge in [-0.15, -0.1) is 0 Å². The van der Waals surface area contributed by atoms with Crippen LogP contribution in [0.25, 0.3) is 0 Å². The lowest BCUT2D eigenvalue weighted by Crippen LogP contribution is -2.36. The van der Waals surface area contributed by atoms with E-state index in [1.807, 2.05) is 20.8 Å². The van der Waals surface area contributed by atoms with Crippen LogP contribution in [0.2, 0.25) is 0 Å². The van der Waals surface area contributed by atoms with Crippen molar-refractivity contribution in [2.24, 2.45) is 17.8 Å². The molecule has 2 rings (SSSR count). The molecule has 0 spiro atoms. The number of carboxylic acid groups (broad SMARTS) is 1. The van der Waals surface area contributed by atoms with Crippen molar-refractivity contribution in [3.05, 3.63) is 0 Å². The monoisotopic (exact) mass is 255 g/mol. The molecule has 1 N–H and O–H groups in total. The smallest absolute Gasteiger partial charge is 0.410 e. The average Bonchev–Trinajstić information content (AvgIpc) is 2.70. The van der Waals surface area contributed by atoms with E-state index in [2.05, 4.69) is 0 Å². The van der Waals surface area contributed by atoms with E-state index in [1.54, 1.807) is 4.90 Å². The van der Waals surface area contributed by atoms with Crippen molar-refractivity contribution in [1.82, 2.24) is 4.90 Å². The zero-order valence-electron chi connectivity index (χ0n) is 11.2. The van der Waals surface area contributed by atoms with Gasteiger partial charge in [0.1, 0.15) is 5.60 Å². The second kappa shape index (κ2) is 4.44. The summed E-state index contributed by atoms with van der Waals surface area (Å²) in [6, 6.07) is 0. The van der Waals surface area contributed by atoms with Crippen LogP contribution in [0.1, 0.15) is 33.6 Å². The van der Waals surface area contributed by atoms with Crippen molar-refractivity contribution in [2.45, 2.75) is 39.2 Å². The first-order chi connectivity index (χ1) is 8.28. The summed E-state index contributed by atoms with van der Waals surface area (Å²) < 4.78 is 5.32. The van der Waals surface area contributed by atoms with Gasteiger partial charge in [0.2, 0.25) is 0 Å². The van der Waals surface area contributed by atoms with E-state index in [9.17, 15) is 9.59 Å². The molecular formula is C13H21NO4. The lowest BCUT2D eigenvalue weighted by molar-refractivity contribution is -0.143. The number of likely N-dealkylation sites (tertiary alicyclic amines) is 1. The molecular weight excluding hydrogens is 234 g/mol. The molecule has 0 aromatic rings. The van der Waals surface area contributed by atoms with Gasteiger partial charge < -0.3 is 14.7 Å². The van der Waals surface area contributed by atoms with Gasteiger partial charge in [0.25, 0.3) is 0 Å². The zero-order valence-corrected chi connectivity index (χ0v) is 11.2. The Labute approximate surface area is 107 Å². The van der Waals surface area contributed by atoms with Gasteiger partial charge in [0.05, 0.1) is 5.92 Å². The largest absolute Gasteiger partial charge is 0.481 e. The van der Waals surface area contributed by atoms with Gasteiger partial charge in [-0.1, -0.05) is 0 Å². The Morgan fingerprint density at radius 2 is 1.89 bits per heavy atom. The Bertz CT molecular complexity index is 360. The predicted octanol–water partition coefficient (Wildman–Crippen LogP) is 1.96. The van der Waals surface area contributed by atoms with E-state index < -0.39 is 11.6 Å². The minimum atomic E-state index is -0.728. The predicted molar refractivity (Wildman–Crippen MR) is 65.1 cm³/mol. The number of amides is 1. The second-order valence-electron chi connectivity index (χ2n) is 6.33. The van der Waals surface area contributed by atoms with Crippen LogP contribution in [0.3, 0.4) is 0 Å². The van der Waals surface area contributed by atoms with Gasteiger partial charge in [-0.25, -0.2) is 4.79 Å².